The summed E-state index contributed by atoms with van der Waals surface area (Å²) in [6, 6.07) is 0.806. The highest BCUT2D eigenvalue weighted by Gasteiger charge is 2.25. The molecule has 0 fully saturated rings. The van der Waals surface area contributed by atoms with Gasteiger partial charge in [-0.1, -0.05) is 11.6 Å². The summed E-state index contributed by atoms with van der Waals surface area (Å²) in [5, 5.41) is 4.58. The molecule has 1 rings (SSSR count). The molecule has 9 heteroatoms. The van der Waals surface area contributed by atoms with Gasteiger partial charge < -0.3 is 0 Å². The largest absolute Gasteiger partial charge is 0.267 e. The molecule has 1 aromatic heterocycles. The van der Waals surface area contributed by atoms with E-state index in [0.29, 0.717) is 0 Å². The van der Waals surface area contributed by atoms with E-state index in [1.807, 2.05) is 0 Å². The van der Waals surface area contributed by atoms with E-state index >= 15 is 0 Å². The van der Waals surface area contributed by atoms with Crippen LogP contribution < -0.4 is 5.14 Å². The lowest BCUT2D eigenvalue weighted by molar-refractivity contribution is 0.146. The molecular weight excluding hydrogens is 364 g/mol. The van der Waals surface area contributed by atoms with Gasteiger partial charge in [-0.3, -0.25) is 0 Å². The smallest absolute Gasteiger partial charge is 0.230 e. The predicted molar refractivity (Wildman–Crippen MR) is 58.3 cm³/mol. The van der Waals surface area contributed by atoms with Gasteiger partial charge >= 0.3 is 0 Å². The molecule has 1 aromatic rings. The Kier molecular flexibility index (Phi) is 3.85. The first-order valence-electron chi connectivity index (χ1n) is 3.40. The standard InChI is InChI=1S/C6H4ClF2IN2O2S/c7-3-1-2(15(11,13)14)4(5(8)9)6(10)12-3/h1,5H,(H2,11,13,14). The SMILES string of the molecule is NS(=O)(=O)c1cc(Cl)nc(I)c1C(F)F. The second-order valence-corrected chi connectivity index (χ2v) is 5.43. The zero-order valence-electron chi connectivity index (χ0n) is 6.92. The molecule has 0 saturated carbocycles. The van der Waals surface area contributed by atoms with Gasteiger partial charge in [0.2, 0.25) is 10.0 Å². The first-order valence-corrected chi connectivity index (χ1v) is 6.40. The molecule has 15 heavy (non-hydrogen) atoms. The van der Waals surface area contributed by atoms with Gasteiger partial charge in [0.15, 0.2) is 0 Å². The molecule has 84 valence electrons. The van der Waals surface area contributed by atoms with Crippen LogP contribution in [0.3, 0.4) is 0 Å². The number of primary sulfonamides is 1. The second kappa shape index (κ2) is 4.44. The van der Waals surface area contributed by atoms with Crippen molar-refractivity contribution >= 4 is 44.2 Å². The average molecular weight is 369 g/mol. The molecule has 0 amide bonds. The van der Waals surface area contributed by atoms with Gasteiger partial charge in [0.1, 0.15) is 8.85 Å². The van der Waals surface area contributed by atoms with Crippen LogP contribution in [-0.4, -0.2) is 13.4 Å². The van der Waals surface area contributed by atoms with Crippen LogP contribution in [-0.2, 0) is 10.0 Å². The normalized spacial score (nSPS) is 12.1. The van der Waals surface area contributed by atoms with Crippen molar-refractivity contribution in [3.8, 4) is 0 Å². The number of nitrogens with two attached hydrogens (primary N) is 1. The van der Waals surface area contributed by atoms with Gasteiger partial charge in [-0.15, -0.1) is 0 Å². The van der Waals surface area contributed by atoms with Crippen LogP contribution in [0.2, 0.25) is 5.15 Å². The molecule has 0 aromatic carbocycles. The van der Waals surface area contributed by atoms with E-state index in [4.69, 9.17) is 16.7 Å². The lowest BCUT2D eigenvalue weighted by atomic mass is 10.3. The lowest BCUT2D eigenvalue weighted by Gasteiger charge is -2.08. The molecule has 0 saturated heterocycles. The summed E-state index contributed by atoms with van der Waals surface area (Å²) in [4.78, 5) is 2.83. The Bertz CT molecular complexity index is 494. The van der Waals surface area contributed by atoms with Crippen LogP contribution in [0, 0.1) is 3.70 Å². The number of sulfonamides is 1. The van der Waals surface area contributed by atoms with E-state index in [0.717, 1.165) is 6.07 Å². The summed E-state index contributed by atoms with van der Waals surface area (Å²) >= 11 is 6.92. The van der Waals surface area contributed by atoms with Gasteiger partial charge in [-0.25, -0.2) is 27.3 Å². The fraction of sp³-hybridized carbons (Fsp3) is 0.167. The van der Waals surface area contributed by atoms with Crippen molar-refractivity contribution in [3.05, 3.63) is 20.5 Å². The van der Waals surface area contributed by atoms with E-state index in [1.165, 1.54) is 22.6 Å². The molecular formula is C6H4ClF2IN2O2S. The monoisotopic (exact) mass is 368 g/mol. The van der Waals surface area contributed by atoms with Crippen molar-refractivity contribution in [3.63, 3.8) is 0 Å². The second-order valence-electron chi connectivity index (χ2n) is 2.49. The van der Waals surface area contributed by atoms with E-state index < -0.39 is 26.9 Å². The van der Waals surface area contributed by atoms with Crippen molar-refractivity contribution in [2.24, 2.45) is 5.14 Å². The van der Waals surface area contributed by atoms with E-state index in [9.17, 15) is 17.2 Å². The molecule has 1 heterocycles. The van der Waals surface area contributed by atoms with Gasteiger partial charge in [-0.05, 0) is 28.7 Å². The number of pyridine rings is 1. The number of halogens is 4. The summed E-state index contributed by atoms with van der Waals surface area (Å²) in [6.45, 7) is 0. The third-order valence-electron chi connectivity index (χ3n) is 1.47. The highest BCUT2D eigenvalue weighted by Crippen LogP contribution is 2.30. The molecule has 2 N–H and O–H groups in total. The van der Waals surface area contributed by atoms with E-state index in [2.05, 4.69) is 4.98 Å². The number of hydrogen-bond acceptors (Lipinski definition) is 3. The van der Waals surface area contributed by atoms with Crippen LogP contribution in [0.25, 0.3) is 0 Å². The minimum Gasteiger partial charge on any atom is -0.230 e. The average Bonchev–Trinajstić information content (AvgIpc) is 1.99. The Morgan fingerprint density at radius 3 is 2.47 bits per heavy atom. The van der Waals surface area contributed by atoms with Crippen molar-refractivity contribution in [2.45, 2.75) is 11.3 Å². The van der Waals surface area contributed by atoms with Gasteiger partial charge in [0.05, 0.1) is 10.5 Å². The maximum absolute atomic E-state index is 12.5. The van der Waals surface area contributed by atoms with E-state index in [1.54, 1.807) is 0 Å². The Morgan fingerprint density at radius 1 is 1.53 bits per heavy atom. The minimum atomic E-state index is -4.23. The quantitative estimate of drug-likeness (QED) is 0.640. The summed E-state index contributed by atoms with van der Waals surface area (Å²) in [5.41, 5.74) is -0.720. The van der Waals surface area contributed by atoms with Crippen LogP contribution in [0.5, 0.6) is 0 Å². The molecule has 0 bridgehead atoms. The Balaban J connectivity index is 3.62. The van der Waals surface area contributed by atoms with Crippen LogP contribution >= 0.6 is 34.2 Å². The summed E-state index contributed by atoms with van der Waals surface area (Å²) in [7, 11) is -4.23. The fourth-order valence-corrected chi connectivity index (χ4v) is 3.04. The number of alkyl halides is 2. The van der Waals surface area contributed by atoms with Crippen LogP contribution in [0.1, 0.15) is 12.0 Å². The molecule has 4 nitrogen and oxygen atoms in total. The number of hydrogen-bond donors (Lipinski definition) is 1. The first kappa shape index (κ1) is 13.0. The molecule has 0 aliphatic heterocycles. The topological polar surface area (TPSA) is 73.1 Å². The minimum absolute atomic E-state index is 0.181. The molecule has 0 unspecified atom stereocenters. The van der Waals surface area contributed by atoms with Crippen LogP contribution in [0.4, 0.5) is 8.78 Å². The lowest BCUT2D eigenvalue weighted by Crippen LogP contribution is -2.16. The van der Waals surface area contributed by atoms with Gasteiger partial charge in [-0.2, -0.15) is 0 Å². The zero-order valence-corrected chi connectivity index (χ0v) is 10.6. The number of aromatic nitrogens is 1. The van der Waals surface area contributed by atoms with Crippen molar-refractivity contribution in [1.29, 1.82) is 0 Å². The van der Waals surface area contributed by atoms with Crippen molar-refractivity contribution < 1.29 is 17.2 Å². The maximum atomic E-state index is 12.5. The highest BCUT2D eigenvalue weighted by atomic mass is 127. The number of nitrogens with zero attached hydrogens (tertiary/aromatic N) is 1. The molecule has 0 aliphatic rings. The first-order chi connectivity index (χ1) is 6.73. The summed E-state index contributed by atoms with van der Waals surface area (Å²) < 4.78 is 46.9. The van der Waals surface area contributed by atoms with Crippen molar-refractivity contribution in [2.75, 3.05) is 0 Å². The van der Waals surface area contributed by atoms with Gasteiger partial charge in [0.25, 0.3) is 6.43 Å². The third-order valence-corrected chi connectivity index (χ3v) is 3.43. The maximum Gasteiger partial charge on any atom is 0.267 e. The molecule has 0 radical (unpaired) electrons. The summed E-state index contributed by atoms with van der Waals surface area (Å²) in [5.74, 6) is 0. The van der Waals surface area contributed by atoms with Gasteiger partial charge in [0, 0.05) is 0 Å². The number of rotatable bonds is 2. The molecule has 0 aliphatic carbocycles. The fourth-order valence-electron chi connectivity index (χ4n) is 0.907. The Hall–Kier alpha value is -0.0600. The zero-order chi connectivity index (χ0) is 11.8. The third kappa shape index (κ3) is 2.95. The Labute approximate surface area is 103 Å². The van der Waals surface area contributed by atoms with E-state index in [-0.39, 0.29) is 8.85 Å². The Morgan fingerprint density at radius 2 is 2.07 bits per heavy atom. The molecule has 0 atom stereocenters. The summed E-state index contributed by atoms with van der Waals surface area (Å²) in [6.07, 6.45) is -2.98. The predicted octanol–water partition coefficient (Wildman–Crippen LogP) is 1.92. The van der Waals surface area contributed by atoms with Crippen molar-refractivity contribution in [1.82, 2.24) is 4.98 Å². The van der Waals surface area contributed by atoms with Crippen LogP contribution in [0.15, 0.2) is 11.0 Å². The highest BCUT2D eigenvalue weighted by molar-refractivity contribution is 14.1. The molecule has 0 spiro atoms.